The van der Waals surface area contributed by atoms with Gasteiger partial charge in [0.15, 0.2) is 0 Å². The van der Waals surface area contributed by atoms with E-state index in [2.05, 4.69) is 4.72 Å². The molecular weight excluding hydrogens is 359 g/mol. The van der Waals surface area contributed by atoms with Crippen molar-refractivity contribution in [1.29, 1.82) is 0 Å². The van der Waals surface area contributed by atoms with Crippen molar-refractivity contribution in [3.8, 4) is 0 Å². The van der Waals surface area contributed by atoms with Crippen LogP contribution in [-0.2, 0) is 20.9 Å². The fraction of sp³-hybridized carbons (Fsp3) is 0.188. The Morgan fingerprint density at radius 2 is 1.60 bits per heavy atom. The third kappa shape index (κ3) is 4.72. The van der Waals surface area contributed by atoms with E-state index >= 15 is 0 Å². The number of ether oxygens (including phenoxy) is 1. The number of hydrogen-bond acceptors (Lipinski definition) is 4. The Kier molecular flexibility index (Phi) is 5.36. The van der Waals surface area contributed by atoms with Crippen molar-refractivity contribution in [2.24, 2.45) is 0 Å². The van der Waals surface area contributed by atoms with Crippen LogP contribution in [0.15, 0.2) is 53.4 Å². The highest BCUT2D eigenvalue weighted by Gasteiger charge is 2.30. The third-order valence-corrected chi connectivity index (χ3v) is 4.54. The van der Waals surface area contributed by atoms with Gasteiger partial charge in [0, 0.05) is 5.69 Å². The molecule has 0 aromatic heterocycles. The minimum absolute atomic E-state index is 0.160. The highest BCUT2D eigenvalue weighted by atomic mass is 32.2. The largest absolute Gasteiger partial charge is 0.462 e. The maximum Gasteiger partial charge on any atom is 0.416 e. The summed E-state index contributed by atoms with van der Waals surface area (Å²) < 4.78 is 69.0. The molecule has 0 unspecified atom stereocenters. The van der Waals surface area contributed by atoms with Gasteiger partial charge in [-0.2, -0.15) is 13.2 Å². The number of alkyl halides is 3. The van der Waals surface area contributed by atoms with Crippen LogP contribution in [0.25, 0.3) is 0 Å². The van der Waals surface area contributed by atoms with E-state index in [4.69, 9.17) is 4.74 Å². The number of rotatable bonds is 5. The number of anilines is 1. The summed E-state index contributed by atoms with van der Waals surface area (Å²) in [5, 5.41) is 0. The molecule has 2 aromatic rings. The smallest absolute Gasteiger partial charge is 0.416 e. The monoisotopic (exact) mass is 373 g/mol. The van der Waals surface area contributed by atoms with Gasteiger partial charge < -0.3 is 4.74 Å². The maximum absolute atomic E-state index is 12.5. The number of hydrogen-bond donors (Lipinski definition) is 1. The quantitative estimate of drug-likeness (QED) is 0.812. The minimum Gasteiger partial charge on any atom is -0.462 e. The molecule has 134 valence electrons. The topological polar surface area (TPSA) is 72.5 Å². The number of sulfonamides is 1. The molecule has 0 aliphatic carbocycles. The van der Waals surface area contributed by atoms with Gasteiger partial charge in [0.05, 0.1) is 22.6 Å². The molecule has 0 atom stereocenters. The lowest BCUT2D eigenvalue weighted by Gasteiger charge is -2.10. The average molecular weight is 373 g/mol. The Bertz CT molecular complexity index is 844. The molecule has 0 fully saturated rings. The predicted octanol–water partition coefficient (Wildman–Crippen LogP) is 3.68. The number of halogens is 3. The van der Waals surface area contributed by atoms with Crippen molar-refractivity contribution in [2.75, 3.05) is 11.3 Å². The predicted molar refractivity (Wildman–Crippen MR) is 84.7 cm³/mol. The first kappa shape index (κ1) is 18.8. The molecule has 9 heteroatoms. The van der Waals surface area contributed by atoms with E-state index in [-0.39, 0.29) is 22.8 Å². The summed E-state index contributed by atoms with van der Waals surface area (Å²) in [5.41, 5.74) is -0.530. The molecule has 5 nitrogen and oxygen atoms in total. The molecule has 2 rings (SSSR count). The number of carbonyl (C=O) groups excluding carboxylic acids is 1. The summed E-state index contributed by atoms with van der Waals surface area (Å²) in [4.78, 5) is 11.2. The Balaban J connectivity index is 2.17. The molecule has 2 aromatic carbocycles. The van der Waals surface area contributed by atoms with Crippen LogP contribution in [0.1, 0.15) is 22.8 Å². The number of esters is 1. The molecule has 0 saturated carbocycles. The highest BCUT2D eigenvalue weighted by Crippen LogP contribution is 2.30. The second-order valence-corrected chi connectivity index (χ2v) is 6.61. The van der Waals surface area contributed by atoms with Crippen molar-refractivity contribution in [1.82, 2.24) is 0 Å². The van der Waals surface area contributed by atoms with E-state index in [0.717, 1.165) is 12.1 Å². The van der Waals surface area contributed by atoms with Crippen LogP contribution < -0.4 is 4.72 Å². The normalized spacial score (nSPS) is 11.8. The van der Waals surface area contributed by atoms with E-state index in [0.29, 0.717) is 12.1 Å². The molecule has 0 radical (unpaired) electrons. The number of benzene rings is 2. The summed E-state index contributed by atoms with van der Waals surface area (Å²) in [6.07, 6.45) is -4.54. The SMILES string of the molecule is CCOC(=O)c1ccc(NS(=O)(=O)c2ccc(C(F)(F)F)cc2)cc1. The van der Waals surface area contributed by atoms with Crippen molar-refractivity contribution >= 4 is 21.7 Å². The zero-order valence-electron chi connectivity index (χ0n) is 13.0. The van der Waals surface area contributed by atoms with Crippen LogP contribution in [0.2, 0.25) is 0 Å². The van der Waals surface area contributed by atoms with Gasteiger partial charge in [-0.3, -0.25) is 4.72 Å². The zero-order valence-corrected chi connectivity index (χ0v) is 13.8. The van der Waals surface area contributed by atoms with Gasteiger partial charge >= 0.3 is 12.1 Å². The first-order valence-electron chi connectivity index (χ1n) is 7.11. The third-order valence-electron chi connectivity index (χ3n) is 3.14. The summed E-state index contributed by atoms with van der Waals surface area (Å²) in [6, 6.07) is 8.60. The van der Waals surface area contributed by atoms with Crippen LogP contribution in [0, 0.1) is 0 Å². The molecule has 1 N–H and O–H groups in total. The molecule has 25 heavy (non-hydrogen) atoms. The van der Waals surface area contributed by atoms with Gasteiger partial charge in [-0.1, -0.05) is 0 Å². The van der Waals surface area contributed by atoms with E-state index in [1.54, 1.807) is 6.92 Å². The lowest BCUT2D eigenvalue weighted by Crippen LogP contribution is -2.14. The maximum atomic E-state index is 12.5. The van der Waals surface area contributed by atoms with Crippen molar-refractivity contribution in [2.45, 2.75) is 18.0 Å². The van der Waals surface area contributed by atoms with Crippen LogP contribution in [0.5, 0.6) is 0 Å². The van der Waals surface area contributed by atoms with Gasteiger partial charge in [-0.25, -0.2) is 13.2 Å². The van der Waals surface area contributed by atoms with Gasteiger partial charge in [0.1, 0.15) is 0 Å². The molecule has 0 aliphatic rings. The number of nitrogens with one attached hydrogen (secondary N) is 1. The summed E-state index contributed by atoms with van der Waals surface area (Å²) >= 11 is 0. The molecule has 0 heterocycles. The van der Waals surface area contributed by atoms with Crippen molar-refractivity contribution in [3.05, 3.63) is 59.7 Å². The van der Waals surface area contributed by atoms with Crippen LogP contribution in [0.4, 0.5) is 18.9 Å². The molecule has 0 saturated heterocycles. The lowest BCUT2D eigenvalue weighted by atomic mass is 10.2. The number of carbonyl (C=O) groups is 1. The minimum atomic E-state index is -4.54. The standard InChI is InChI=1S/C16H14F3NO4S/c1-2-24-15(21)11-3-7-13(8-4-11)20-25(22,23)14-9-5-12(6-10-14)16(17,18)19/h3-10,20H,2H2,1H3. The molecule has 0 bridgehead atoms. The average Bonchev–Trinajstić information content (AvgIpc) is 2.55. The molecule has 0 spiro atoms. The Morgan fingerprint density at radius 1 is 1.04 bits per heavy atom. The van der Waals surface area contributed by atoms with E-state index in [1.165, 1.54) is 24.3 Å². The Morgan fingerprint density at radius 3 is 2.08 bits per heavy atom. The van der Waals surface area contributed by atoms with E-state index in [9.17, 15) is 26.4 Å². The molecular formula is C16H14F3NO4S. The van der Waals surface area contributed by atoms with Crippen LogP contribution in [0.3, 0.4) is 0 Å². The summed E-state index contributed by atoms with van der Waals surface area (Å²) in [5.74, 6) is -0.542. The van der Waals surface area contributed by atoms with Crippen molar-refractivity contribution in [3.63, 3.8) is 0 Å². The van der Waals surface area contributed by atoms with Gasteiger partial charge in [-0.05, 0) is 55.5 Å². The van der Waals surface area contributed by atoms with Crippen LogP contribution in [-0.4, -0.2) is 21.0 Å². The lowest BCUT2D eigenvalue weighted by molar-refractivity contribution is -0.137. The van der Waals surface area contributed by atoms with E-state index in [1.807, 2.05) is 0 Å². The second kappa shape index (κ2) is 7.14. The first-order valence-corrected chi connectivity index (χ1v) is 8.59. The zero-order chi connectivity index (χ0) is 18.7. The Hall–Kier alpha value is -2.55. The molecule has 0 aliphatic heterocycles. The summed E-state index contributed by atoms with van der Waals surface area (Å²) in [6.45, 7) is 1.87. The van der Waals surface area contributed by atoms with E-state index < -0.39 is 27.7 Å². The fourth-order valence-electron chi connectivity index (χ4n) is 1.93. The fourth-order valence-corrected chi connectivity index (χ4v) is 2.98. The van der Waals surface area contributed by atoms with Crippen molar-refractivity contribution < 1.29 is 31.1 Å². The molecule has 0 amide bonds. The second-order valence-electron chi connectivity index (χ2n) is 4.93. The van der Waals surface area contributed by atoms with Gasteiger partial charge in [-0.15, -0.1) is 0 Å². The van der Waals surface area contributed by atoms with Gasteiger partial charge in [0.25, 0.3) is 10.0 Å². The highest BCUT2D eigenvalue weighted by molar-refractivity contribution is 7.92. The Labute approximate surface area is 142 Å². The first-order chi connectivity index (χ1) is 11.6. The summed E-state index contributed by atoms with van der Waals surface area (Å²) in [7, 11) is -4.05. The van der Waals surface area contributed by atoms with Gasteiger partial charge in [0.2, 0.25) is 0 Å². The van der Waals surface area contributed by atoms with Crippen LogP contribution >= 0.6 is 0 Å².